The summed E-state index contributed by atoms with van der Waals surface area (Å²) in [6.07, 6.45) is 3.66. The van der Waals surface area contributed by atoms with Gasteiger partial charge in [0, 0.05) is 31.0 Å². The van der Waals surface area contributed by atoms with Crippen LogP contribution in [0.15, 0.2) is 36.7 Å². The molecule has 0 unspecified atom stereocenters. The summed E-state index contributed by atoms with van der Waals surface area (Å²) >= 11 is 5.11. The van der Waals surface area contributed by atoms with Crippen molar-refractivity contribution in [1.82, 2.24) is 15.1 Å². The first-order chi connectivity index (χ1) is 8.63. The molecule has 0 aliphatic carbocycles. The number of hydrogen-bond donors (Lipinski definition) is 2. The molecule has 0 bridgehead atoms. The largest absolute Gasteiger partial charge is 0.358 e. The Labute approximate surface area is 110 Å². The third-order valence-corrected chi connectivity index (χ3v) is 2.54. The molecular formula is C12H13FN4S. The molecule has 0 saturated carbocycles. The highest BCUT2D eigenvalue weighted by atomic mass is 32.1. The number of rotatable bonds is 3. The highest BCUT2D eigenvalue weighted by Crippen LogP contribution is 2.08. The average molecular weight is 264 g/mol. The fourth-order valence-corrected chi connectivity index (χ4v) is 1.68. The number of nitrogens with one attached hydrogen (secondary N) is 2. The van der Waals surface area contributed by atoms with E-state index < -0.39 is 0 Å². The number of thiocarbonyl (C=S) groups is 1. The second-order valence-corrected chi connectivity index (χ2v) is 4.25. The van der Waals surface area contributed by atoms with Crippen LogP contribution in [-0.4, -0.2) is 14.9 Å². The van der Waals surface area contributed by atoms with Gasteiger partial charge >= 0.3 is 0 Å². The Morgan fingerprint density at radius 1 is 1.50 bits per heavy atom. The first-order valence-corrected chi connectivity index (χ1v) is 5.82. The molecule has 0 saturated heterocycles. The van der Waals surface area contributed by atoms with Gasteiger partial charge in [-0.25, -0.2) is 4.39 Å². The van der Waals surface area contributed by atoms with Gasteiger partial charge in [0.15, 0.2) is 5.11 Å². The minimum atomic E-state index is -0.296. The lowest BCUT2D eigenvalue weighted by atomic mass is 10.3. The van der Waals surface area contributed by atoms with Crippen LogP contribution in [0.3, 0.4) is 0 Å². The van der Waals surface area contributed by atoms with E-state index in [-0.39, 0.29) is 5.82 Å². The third-order valence-electron chi connectivity index (χ3n) is 2.29. The Hall–Kier alpha value is -1.95. The Morgan fingerprint density at radius 2 is 2.33 bits per heavy atom. The summed E-state index contributed by atoms with van der Waals surface area (Å²) in [4.78, 5) is 0. The van der Waals surface area contributed by atoms with E-state index in [1.165, 1.54) is 12.1 Å². The summed E-state index contributed by atoms with van der Waals surface area (Å²) in [5.74, 6) is -0.296. The maximum atomic E-state index is 13.0. The molecule has 2 N–H and O–H groups in total. The Balaban J connectivity index is 1.85. The van der Waals surface area contributed by atoms with E-state index in [1.807, 2.05) is 13.2 Å². The first-order valence-electron chi connectivity index (χ1n) is 5.41. The summed E-state index contributed by atoms with van der Waals surface area (Å²) < 4.78 is 14.7. The van der Waals surface area contributed by atoms with Gasteiger partial charge in [0.1, 0.15) is 5.82 Å². The Bertz CT molecular complexity index is 553. The summed E-state index contributed by atoms with van der Waals surface area (Å²) in [7, 11) is 1.85. The van der Waals surface area contributed by atoms with Crippen LogP contribution in [0.25, 0.3) is 0 Å². The highest BCUT2D eigenvalue weighted by Gasteiger charge is 2.00. The number of anilines is 1. The van der Waals surface area contributed by atoms with Crippen LogP contribution in [0, 0.1) is 5.82 Å². The van der Waals surface area contributed by atoms with Crippen LogP contribution in [0.4, 0.5) is 10.1 Å². The lowest BCUT2D eigenvalue weighted by Gasteiger charge is -2.09. The Morgan fingerprint density at radius 3 is 3.00 bits per heavy atom. The molecule has 1 aromatic heterocycles. The van der Waals surface area contributed by atoms with Crippen molar-refractivity contribution in [2.45, 2.75) is 6.54 Å². The molecule has 1 heterocycles. The molecule has 0 fully saturated rings. The second-order valence-electron chi connectivity index (χ2n) is 3.84. The number of benzene rings is 1. The molecule has 6 heteroatoms. The second kappa shape index (κ2) is 5.59. The van der Waals surface area contributed by atoms with Crippen molar-refractivity contribution < 1.29 is 4.39 Å². The van der Waals surface area contributed by atoms with Gasteiger partial charge in [-0.15, -0.1) is 0 Å². The van der Waals surface area contributed by atoms with E-state index in [1.54, 1.807) is 23.0 Å². The first kappa shape index (κ1) is 12.5. The zero-order valence-corrected chi connectivity index (χ0v) is 10.7. The Kier molecular flexibility index (Phi) is 3.88. The van der Waals surface area contributed by atoms with E-state index in [2.05, 4.69) is 15.7 Å². The van der Waals surface area contributed by atoms with Gasteiger partial charge in [0.05, 0.1) is 6.20 Å². The van der Waals surface area contributed by atoms with Crippen molar-refractivity contribution in [3.05, 3.63) is 48.0 Å². The summed E-state index contributed by atoms with van der Waals surface area (Å²) in [6, 6.07) is 6.15. The topological polar surface area (TPSA) is 41.9 Å². The van der Waals surface area contributed by atoms with Crippen LogP contribution in [0.2, 0.25) is 0 Å². The number of halogens is 1. The molecule has 1 aromatic carbocycles. The molecule has 0 atom stereocenters. The minimum absolute atomic E-state index is 0.296. The zero-order chi connectivity index (χ0) is 13.0. The van der Waals surface area contributed by atoms with Crippen LogP contribution in [-0.2, 0) is 13.6 Å². The molecule has 2 aromatic rings. The van der Waals surface area contributed by atoms with E-state index in [9.17, 15) is 4.39 Å². The summed E-state index contributed by atoms with van der Waals surface area (Å²) in [6.45, 7) is 0.578. The molecular weight excluding hydrogens is 251 g/mol. The van der Waals surface area contributed by atoms with Crippen LogP contribution in [0.5, 0.6) is 0 Å². The molecule has 0 spiro atoms. The maximum Gasteiger partial charge on any atom is 0.171 e. The van der Waals surface area contributed by atoms with Gasteiger partial charge in [-0.2, -0.15) is 5.10 Å². The van der Waals surface area contributed by atoms with Crippen LogP contribution < -0.4 is 10.6 Å². The monoisotopic (exact) mass is 264 g/mol. The SMILES string of the molecule is Cn1cc(CNC(=S)Nc2cccc(F)c2)cn1. The van der Waals surface area contributed by atoms with Gasteiger partial charge in [-0.3, -0.25) is 4.68 Å². The van der Waals surface area contributed by atoms with Gasteiger partial charge in [-0.1, -0.05) is 6.07 Å². The van der Waals surface area contributed by atoms with Gasteiger partial charge in [0.25, 0.3) is 0 Å². The average Bonchev–Trinajstić information content (AvgIpc) is 2.73. The normalized spacial score (nSPS) is 10.1. The van der Waals surface area contributed by atoms with Crippen molar-refractivity contribution in [2.75, 3.05) is 5.32 Å². The summed E-state index contributed by atoms with van der Waals surface area (Å²) in [5, 5.41) is 10.4. The van der Waals surface area contributed by atoms with Crippen molar-refractivity contribution in [3.8, 4) is 0 Å². The van der Waals surface area contributed by atoms with Crippen molar-refractivity contribution in [2.24, 2.45) is 7.05 Å². The fraction of sp³-hybridized carbons (Fsp3) is 0.167. The zero-order valence-electron chi connectivity index (χ0n) is 9.85. The smallest absolute Gasteiger partial charge is 0.171 e. The molecule has 0 radical (unpaired) electrons. The van der Waals surface area contributed by atoms with Gasteiger partial charge in [-0.05, 0) is 30.4 Å². The molecule has 94 valence electrons. The van der Waals surface area contributed by atoms with E-state index in [0.717, 1.165) is 5.56 Å². The van der Waals surface area contributed by atoms with Crippen molar-refractivity contribution in [3.63, 3.8) is 0 Å². The molecule has 4 nitrogen and oxygen atoms in total. The lowest BCUT2D eigenvalue weighted by Crippen LogP contribution is -2.27. The third kappa shape index (κ3) is 3.53. The number of nitrogens with zero attached hydrogens (tertiary/aromatic N) is 2. The van der Waals surface area contributed by atoms with E-state index >= 15 is 0 Å². The quantitative estimate of drug-likeness (QED) is 0.833. The van der Waals surface area contributed by atoms with Gasteiger partial charge in [0.2, 0.25) is 0 Å². The van der Waals surface area contributed by atoms with Crippen molar-refractivity contribution >= 4 is 23.0 Å². The molecule has 0 aliphatic rings. The molecule has 2 rings (SSSR count). The lowest BCUT2D eigenvalue weighted by molar-refractivity contribution is 0.628. The predicted octanol–water partition coefficient (Wildman–Crippen LogP) is 2.05. The van der Waals surface area contributed by atoms with Crippen molar-refractivity contribution in [1.29, 1.82) is 0 Å². The molecule has 18 heavy (non-hydrogen) atoms. The standard InChI is InChI=1S/C12H13FN4S/c1-17-8-9(7-15-17)6-14-12(18)16-11-4-2-3-10(13)5-11/h2-5,7-8H,6H2,1H3,(H2,14,16,18). The summed E-state index contributed by atoms with van der Waals surface area (Å²) in [5.41, 5.74) is 1.65. The molecule has 0 aliphatic heterocycles. The maximum absolute atomic E-state index is 13.0. The van der Waals surface area contributed by atoms with E-state index in [0.29, 0.717) is 17.3 Å². The fourth-order valence-electron chi connectivity index (χ4n) is 1.49. The minimum Gasteiger partial charge on any atom is -0.358 e. The molecule has 0 amide bonds. The van der Waals surface area contributed by atoms with Crippen LogP contribution in [0.1, 0.15) is 5.56 Å². The predicted molar refractivity (Wildman–Crippen MR) is 72.7 cm³/mol. The van der Waals surface area contributed by atoms with E-state index in [4.69, 9.17) is 12.2 Å². The highest BCUT2D eigenvalue weighted by molar-refractivity contribution is 7.80. The van der Waals surface area contributed by atoms with Gasteiger partial charge < -0.3 is 10.6 Å². The van der Waals surface area contributed by atoms with Crippen LogP contribution >= 0.6 is 12.2 Å². The number of aryl methyl sites for hydroxylation is 1. The number of aromatic nitrogens is 2. The number of hydrogen-bond acceptors (Lipinski definition) is 2.